The summed E-state index contributed by atoms with van der Waals surface area (Å²) in [6, 6.07) is 14.2. The van der Waals surface area contributed by atoms with Crippen molar-refractivity contribution in [2.45, 2.75) is 26.4 Å². The first kappa shape index (κ1) is 47.9. The molecule has 2 heterocycles. The number of anilines is 1. The molecule has 0 fully saturated rings. The minimum atomic E-state index is -0.673. The fourth-order valence-corrected chi connectivity index (χ4v) is 6.60. The molecule has 4 aromatic rings. The zero-order chi connectivity index (χ0) is 44.6. The molecule has 0 atom stereocenters. The van der Waals surface area contributed by atoms with Crippen molar-refractivity contribution in [2.75, 3.05) is 75.4 Å². The molecule has 2 aliphatic rings. The van der Waals surface area contributed by atoms with Gasteiger partial charge < -0.3 is 70.2 Å². The monoisotopic (exact) mass is 878 g/mol. The molecule has 0 saturated heterocycles. The lowest BCUT2D eigenvalue weighted by atomic mass is 9.95. The molecule has 0 aliphatic carbocycles. The lowest BCUT2D eigenvalue weighted by molar-refractivity contribution is -0.256. The van der Waals surface area contributed by atoms with Crippen LogP contribution in [0.1, 0.15) is 43.0 Å². The van der Waals surface area contributed by atoms with Gasteiger partial charge >= 0.3 is 6.09 Å². The van der Waals surface area contributed by atoms with Crippen molar-refractivity contribution in [2.24, 2.45) is 0 Å². The van der Waals surface area contributed by atoms with E-state index in [0.29, 0.717) is 96.7 Å². The lowest BCUT2D eigenvalue weighted by Crippen LogP contribution is -3.00. The average Bonchev–Trinajstić information content (AvgIpc) is 3.51. The van der Waals surface area contributed by atoms with Crippen LogP contribution in [0.2, 0.25) is 0 Å². The van der Waals surface area contributed by atoms with Crippen LogP contribution in [0, 0.1) is 0 Å². The van der Waals surface area contributed by atoms with E-state index in [4.69, 9.17) is 52.1 Å². The number of carbonyl (C=O) groups excluding carboxylic acids is 3. The van der Waals surface area contributed by atoms with E-state index in [-0.39, 0.29) is 37.2 Å². The molecular weight excluding hydrogens is 828 g/mol. The van der Waals surface area contributed by atoms with Gasteiger partial charge in [0, 0.05) is 17.2 Å². The zero-order valence-corrected chi connectivity index (χ0v) is 37.2. The summed E-state index contributed by atoms with van der Waals surface area (Å²) < 4.78 is 60.5. The molecular formula is C45H51ClN2O14. The Morgan fingerprint density at radius 1 is 0.581 bits per heavy atom. The number of halogens is 1. The second kappa shape index (κ2) is 20.7. The number of ether oxygens (including phenoxy) is 11. The SMILES string of the molecule is COc1ccc(C2=CC(=O)COc3c2cc(OC)c(OC)c3OC)cc1NC(=O)OC(C)(C)C.COc1ccc(C2=CC(=O)COc3c2cc(OC)c(OC)c3OC)cc1[NH3+].[Cl-]. The fraction of sp³-hybridized carbons (Fsp3) is 0.311. The maximum Gasteiger partial charge on any atom is 0.412 e. The molecule has 0 saturated carbocycles. The molecule has 0 aromatic heterocycles. The summed E-state index contributed by atoms with van der Waals surface area (Å²) >= 11 is 0. The van der Waals surface area contributed by atoms with Crippen LogP contribution in [0.3, 0.4) is 0 Å². The maximum atomic E-state index is 12.6. The number of rotatable bonds is 11. The molecule has 4 aromatic carbocycles. The molecule has 0 spiro atoms. The van der Waals surface area contributed by atoms with Crippen LogP contribution in [0.4, 0.5) is 16.2 Å². The van der Waals surface area contributed by atoms with Crippen molar-refractivity contribution in [1.29, 1.82) is 0 Å². The number of methoxy groups -OCH3 is 8. The minimum Gasteiger partial charge on any atom is -1.00 e. The minimum absolute atomic E-state index is 0. The standard InChI is InChI=1S/C25H29NO8.C20H21NO6.ClH/c1-25(2,3)34-24(28)26-18-10-14(8-9-19(18)29-4)16-11-15(27)13-33-21-17(16)12-20(30-5)22(31-6)23(21)32-7;1-23-16-6-5-11(7-15(16)21)13-8-12(22)10-27-18-14(13)9-17(24-2)19(25-3)20(18)26-4;/h8-12H,13H2,1-7H3,(H,26,28);5-9H,10,21H2,1-4H3;1H. The van der Waals surface area contributed by atoms with Crippen molar-refractivity contribution >= 4 is 40.2 Å². The summed E-state index contributed by atoms with van der Waals surface area (Å²) in [6.45, 7) is 5.04. The van der Waals surface area contributed by atoms with Gasteiger partial charge in [0.05, 0.1) is 62.6 Å². The van der Waals surface area contributed by atoms with Gasteiger partial charge in [0.1, 0.15) is 11.4 Å². The van der Waals surface area contributed by atoms with Crippen molar-refractivity contribution in [3.63, 3.8) is 0 Å². The summed E-state index contributed by atoms with van der Waals surface area (Å²) in [4.78, 5) is 37.3. The van der Waals surface area contributed by atoms with Gasteiger partial charge in [-0.05, 0) is 85.5 Å². The highest BCUT2D eigenvalue weighted by atomic mass is 35.5. The van der Waals surface area contributed by atoms with Gasteiger partial charge in [-0.2, -0.15) is 0 Å². The smallest absolute Gasteiger partial charge is 0.412 e. The molecule has 0 bridgehead atoms. The topological polar surface area (TPSA) is 192 Å². The first-order valence-electron chi connectivity index (χ1n) is 18.8. The Kier molecular flexibility index (Phi) is 16.0. The van der Waals surface area contributed by atoms with Crippen molar-refractivity contribution in [3.05, 3.63) is 82.9 Å². The Morgan fingerprint density at radius 3 is 1.39 bits per heavy atom. The van der Waals surface area contributed by atoms with Crippen LogP contribution in [0.25, 0.3) is 11.1 Å². The Balaban J connectivity index is 0.000000275. The van der Waals surface area contributed by atoms with Gasteiger partial charge in [0.25, 0.3) is 0 Å². The number of fused-ring (bicyclic) bond motifs is 2. The van der Waals surface area contributed by atoms with Gasteiger partial charge in [-0.1, -0.05) is 12.1 Å². The molecule has 0 unspecified atom stereocenters. The lowest BCUT2D eigenvalue weighted by Gasteiger charge is -2.21. The van der Waals surface area contributed by atoms with Gasteiger partial charge in [-0.3, -0.25) is 14.9 Å². The number of hydrogen-bond acceptors (Lipinski definition) is 14. The van der Waals surface area contributed by atoms with E-state index in [0.717, 1.165) is 5.56 Å². The highest BCUT2D eigenvalue weighted by molar-refractivity contribution is 6.05. The third-order valence-electron chi connectivity index (χ3n) is 9.21. The Bertz CT molecular complexity index is 2390. The predicted molar refractivity (Wildman–Crippen MR) is 226 cm³/mol. The van der Waals surface area contributed by atoms with E-state index in [1.54, 1.807) is 64.3 Å². The van der Waals surface area contributed by atoms with Crippen LogP contribution in [0.15, 0.2) is 60.7 Å². The fourth-order valence-electron chi connectivity index (χ4n) is 6.60. The molecule has 332 valence electrons. The number of nitrogens with one attached hydrogen (secondary N) is 1. The molecule has 0 radical (unpaired) electrons. The second-order valence-electron chi connectivity index (χ2n) is 14.2. The van der Waals surface area contributed by atoms with E-state index in [1.807, 2.05) is 18.2 Å². The molecule has 16 nitrogen and oxygen atoms in total. The van der Waals surface area contributed by atoms with E-state index >= 15 is 0 Å². The summed E-state index contributed by atoms with van der Waals surface area (Å²) in [5.74, 6) is 3.75. The quantitative estimate of drug-likeness (QED) is 0.223. The predicted octanol–water partition coefficient (Wildman–Crippen LogP) is 3.45. The van der Waals surface area contributed by atoms with E-state index < -0.39 is 11.7 Å². The number of hydrogen-bond donors (Lipinski definition) is 2. The van der Waals surface area contributed by atoms with E-state index in [1.165, 1.54) is 55.8 Å². The number of carbonyl (C=O) groups is 3. The third-order valence-corrected chi connectivity index (χ3v) is 9.21. The van der Waals surface area contributed by atoms with Crippen LogP contribution >= 0.6 is 0 Å². The molecule has 2 aliphatic heterocycles. The molecule has 17 heteroatoms. The molecule has 4 N–H and O–H groups in total. The van der Waals surface area contributed by atoms with Crippen molar-refractivity contribution in [1.82, 2.24) is 0 Å². The highest BCUT2D eigenvalue weighted by Crippen LogP contribution is 2.52. The van der Waals surface area contributed by atoms with Crippen molar-refractivity contribution < 1.29 is 84.6 Å². The summed E-state index contributed by atoms with van der Waals surface area (Å²) in [5.41, 5.74) is 8.30. The second-order valence-corrected chi connectivity index (χ2v) is 14.2. The average molecular weight is 879 g/mol. The largest absolute Gasteiger partial charge is 1.00 e. The Morgan fingerprint density at radius 2 is 1.00 bits per heavy atom. The first-order valence-corrected chi connectivity index (χ1v) is 18.8. The Labute approximate surface area is 366 Å². The highest BCUT2D eigenvalue weighted by Gasteiger charge is 2.30. The number of amides is 1. The summed E-state index contributed by atoms with van der Waals surface area (Å²) in [5, 5.41) is 2.71. The van der Waals surface area contributed by atoms with Crippen LogP contribution in [-0.4, -0.2) is 93.4 Å². The molecule has 1 amide bonds. The van der Waals surface area contributed by atoms with Crippen molar-refractivity contribution in [3.8, 4) is 57.5 Å². The molecule has 6 rings (SSSR count). The van der Waals surface area contributed by atoms with E-state index in [2.05, 4.69) is 11.1 Å². The van der Waals surface area contributed by atoms with Gasteiger partial charge in [0.15, 0.2) is 59.2 Å². The van der Waals surface area contributed by atoms with Gasteiger partial charge in [-0.15, -0.1) is 0 Å². The third kappa shape index (κ3) is 10.4. The van der Waals surface area contributed by atoms with Gasteiger partial charge in [-0.25, -0.2) is 4.79 Å². The summed E-state index contributed by atoms with van der Waals surface area (Å²) in [7, 11) is 12.1. The number of ketones is 2. The number of quaternary nitrogens is 1. The normalized spacial score (nSPS) is 12.8. The Hall–Kier alpha value is -6.78. The van der Waals surface area contributed by atoms with E-state index in [9.17, 15) is 14.4 Å². The zero-order valence-electron chi connectivity index (χ0n) is 36.5. The van der Waals surface area contributed by atoms with Crippen LogP contribution in [-0.2, 0) is 14.3 Å². The maximum absolute atomic E-state index is 12.6. The number of benzene rings is 4. The first-order chi connectivity index (χ1) is 29.1. The van der Waals surface area contributed by atoms with Crippen LogP contribution in [0.5, 0.6) is 57.5 Å². The van der Waals surface area contributed by atoms with Crippen LogP contribution < -0.4 is 70.8 Å². The molecule has 62 heavy (non-hydrogen) atoms. The summed E-state index contributed by atoms with van der Waals surface area (Å²) in [6.07, 6.45) is 2.40. The van der Waals surface area contributed by atoms with Gasteiger partial charge in [0.2, 0.25) is 23.0 Å².